The van der Waals surface area contributed by atoms with Crippen molar-refractivity contribution in [3.8, 4) is 0 Å². The van der Waals surface area contributed by atoms with Crippen LogP contribution in [0.5, 0.6) is 0 Å². The van der Waals surface area contributed by atoms with Crippen molar-refractivity contribution in [2.24, 2.45) is 0 Å². The Bertz CT molecular complexity index is 326. The molecule has 1 heterocycles. The Morgan fingerprint density at radius 1 is 1.47 bits per heavy atom. The van der Waals surface area contributed by atoms with Crippen LogP contribution in [0.1, 0.15) is 12.7 Å². The Kier molecular flexibility index (Phi) is 5.36. The number of nitrogens with zero attached hydrogens (tertiary/aromatic N) is 3. The normalized spacial score (nSPS) is 12.0. The van der Waals surface area contributed by atoms with Gasteiger partial charge in [-0.1, -0.05) is 6.92 Å². The first kappa shape index (κ1) is 13.9. The topological polar surface area (TPSA) is 52.0 Å². The first-order chi connectivity index (χ1) is 8.01. The van der Waals surface area contributed by atoms with Crippen LogP contribution in [0.3, 0.4) is 0 Å². The Morgan fingerprint density at radius 2 is 2.24 bits per heavy atom. The maximum absolute atomic E-state index is 11.8. The molecule has 0 saturated carbocycles. The van der Waals surface area contributed by atoms with Gasteiger partial charge in [0.05, 0.1) is 19.7 Å². The first-order valence-corrected chi connectivity index (χ1v) is 5.25. The van der Waals surface area contributed by atoms with Crippen molar-refractivity contribution in [2.75, 3.05) is 19.8 Å². The number of nitrogens with one attached hydrogen (secondary N) is 1. The number of rotatable bonds is 7. The minimum atomic E-state index is -4.28. The maximum Gasteiger partial charge on any atom is 0.411 e. The number of hydrogen-bond acceptors (Lipinski definition) is 4. The Morgan fingerprint density at radius 3 is 2.88 bits per heavy atom. The predicted octanol–water partition coefficient (Wildman–Crippen LogP) is 0.966. The van der Waals surface area contributed by atoms with E-state index in [0.29, 0.717) is 12.4 Å². The lowest BCUT2D eigenvalue weighted by atomic mass is 10.6. The van der Waals surface area contributed by atoms with Gasteiger partial charge in [0.2, 0.25) is 0 Å². The van der Waals surface area contributed by atoms with Crippen LogP contribution < -0.4 is 5.32 Å². The van der Waals surface area contributed by atoms with E-state index in [-0.39, 0.29) is 13.2 Å². The molecule has 8 heteroatoms. The lowest BCUT2D eigenvalue weighted by Gasteiger charge is -2.06. The van der Waals surface area contributed by atoms with Gasteiger partial charge in [0.25, 0.3) is 0 Å². The van der Waals surface area contributed by atoms with Crippen molar-refractivity contribution in [2.45, 2.75) is 26.2 Å². The number of aromatic nitrogens is 3. The molecule has 0 aliphatic carbocycles. The van der Waals surface area contributed by atoms with Crippen molar-refractivity contribution >= 4 is 0 Å². The molecule has 0 unspecified atom stereocenters. The molecule has 0 aromatic carbocycles. The third-order valence-electron chi connectivity index (χ3n) is 1.85. The summed E-state index contributed by atoms with van der Waals surface area (Å²) in [4.78, 5) is 3.99. The van der Waals surface area contributed by atoms with Crippen LogP contribution in [0.15, 0.2) is 6.33 Å². The van der Waals surface area contributed by atoms with Crippen LogP contribution in [0, 0.1) is 0 Å². The lowest BCUT2D eigenvalue weighted by Crippen LogP contribution is -2.19. The molecular weight excluding hydrogens is 237 g/mol. The zero-order chi connectivity index (χ0) is 12.7. The van der Waals surface area contributed by atoms with Gasteiger partial charge in [-0.15, -0.1) is 0 Å². The Balaban J connectivity index is 2.21. The highest BCUT2D eigenvalue weighted by atomic mass is 19.4. The van der Waals surface area contributed by atoms with Crippen LogP contribution in [0.4, 0.5) is 13.2 Å². The van der Waals surface area contributed by atoms with Gasteiger partial charge in [0, 0.05) is 0 Å². The number of hydrogen-bond donors (Lipinski definition) is 1. The van der Waals surface area contributed by atoms with Crippen LogP contribution in [-0.2, 0) is 17.8 Å². The highest BCUT2D eigenvalue weighted by molar-refractivity contribution is 4.80. The summed E-state index contributed by atoms with van der Waals surface area (Å²) in [6, 6.07) is 0. The second-order valence-corrected chi connectivity index (χ2v) is 3.37. The van der Waals surface area contributed by atoms with E-state index < -0.39 is 12.8 Å². The molecule has 0 fully saturated rings. The van der Waals surface area contributed by atoms with E-state index in [0.717, 1.165) is 6.54 Å². The predicted molar refractivity (Wildman–Crippen MR) is 54.3 cm³/mol. The highest BCUT2D eigenvalue weighted by Crippen LogP contribution is 2.14. The first-order valence-electron chi connectivity index (χ1n) is 5.25. The fourth-order valence-corrected chi connectivity index (χ4v) is 1.10. The molecule has 1 rings (SSSR count). The van der Waals surface area contributed by atoms with E-state index in [1.54, 1.807) is 0 Å². The molecule has 98 valence electrons. The molecule has 0 bridgehead atoms. The van der Waals surface area contributed by atoms with Crippen LogP contribution >= 0.6 is 0 Å². The van der Waals surface area contributed by atoms with Gasteiger partial charge in [-0.3, -0.25) is 4.68 Å². The van der Waals surface area contributed by atoms with Gasteiger partial charge in [-0.05, 0) is 6.54 Å². The van der Waals surface area contributed by atoms with Gasteiger partial charge in [0.15, 0.2) is 5.82 Å². The molecule has 1 aromatic heterocycles. The monoisotopic (exact) mass is 252 g/mol. The molecule has 0 atom stereocenters. The minimum Gasteiger partial charge on any atom is -0.370 e. The van der Waals surface area contributed by atoms with E-state index in [4.69, 9.17) is 0 Å². The zero-order valence-corrected chi connectivity index (χ0v) is 9.50. The van der Waals surface area contributed by atoms with Gasteiger partial charge < -0.3 is 10.1 Å². The van der Waals surface area contributed by atoms with Crippen molar-refractivity contribution in [1.82, 2.24) is 20.1 Å². The number of halogens is 3. The number of ether oxygens (including phenoxy) is 1. The van der Waals surface area contributed by atoms with Crippen molar-refractivity contribution in [3.05, 3.63) is 12.2 Å². The van der Waals surface area contributed by atoms with Crippen molar-refractivity contribution in [1.29, 1.82) is 0 Å². The van der Waals surface area contributed by atoms with E-state index in [9.17, 15) is 13.2 Å². The standard InChI is InChI=1S/C9H15F3N4O/c1-2-13-5-8-14-7-16(15-8)3-4-17-6-9(10,11)12/h7,13H,2-6H2,1H3. The van der Waals surface area contributed by atoms with Gasteiger partial charge in [0.1, 0.15) is 12.9 Å². The SMILES string of the molecule is CCNCc1ncn(CCOCC(F)(F)F)n1. The summed E-state index contributed by atoms with van der Waals surface area (Å²) in [5.41, 5.74) is 0. The Labute approximate surface area is 97.0 Å². The fourth-order valence-electron chi connectivity index (χ4n) is 1.10. The van der Waals surface area contributed by atoms with Crippen LogP contribution in [0.25, 0.3) is 0 Å². The molecule has 1 aromatic rings. The third-order valence-corrected chi connectivity index (χ3v) is 1.85. The molecule has 17 heavy (non-hydrogen) atoms. The quantitative estimate of drug-likeness (QED) is 0.735. The summed E-state index contributed by atoms with van der Waals surface area (Å²) in [7, 11) is 0. The number of alkyl halides is 3. The average Bonchev–Trinajstić information content (AvgIpc) is 2.68. The van der Waals surface area contributed by atoms with Crippen molar-refractivity contribution < 1.29 is 17.9 Å². The zero-order valence-electron chi connectivity index (χ0n) is 9.50. The molecule has 0 amide bonds. The molecule has 0 saturated heterocycles. The summed E-state index contributed by atoms with van der Waals surface area (Å²) < 4.78 is 41.2. The fraction of sp³-hybridized carbons (Fsp3) is 0.778. The summed E-state index contributed by atoms with van der Waals surface area (Å²) in [5.74, 6) is 0.614. The highest BCUT2D eigenvalue weighted by Gasteiger charge is 2.27. The smallest absolute Gasteiger partial charge is 0.370 e. The second kappa shape index (κ2) is 6.55. The molecular formula is C9H15F3N4O. The van der Waals surface area contributed by atoms with Gasteiger partial charge in [-0.2, -0.15) is 18.3 Å². The average molecular weight is 252 g/mol. The van der Waals surface area contributed by atoms with Gasteiger partial charge in [-0.25, -0.2) is 4.98 Å². The summed E-state index contributed by atoms with van der Waals surface area (Å²) in [6.07, 6.45) is -2.80. The van der Waals surface area contributed by atoms with E-state index in [1.165, 1.54) is 11.0 Å². The third kappa shape index (κ3) is 6.22. The van der Waals surface area contributed by atoms with Crippen LogP contribution in [0.2, 0.25) is 0 Å². The molecule has 0 aliphatic rings. The molecule has 0 radical (unpaired) electrons. The van der Waals surface area contributed by atoms with E-state index in [1.807, 2.05) is 6.92 Å². The van der Waals surface area contributed by atoms with E-state index in [2.05, 4.69) is 20.1 Å². The van der Waals surface area contributed by atoms with Crippen molar-refractivity contribution in [3.63, 3.8) is 0 Å². The minimum absolute atomic E-state index is 0.0382. The second-order valence-electron chi connectivity index (χ2n) is 3.37. The summed E-state index contributed by atoms with van der Waals surface area (Å²) >= 11 is 0. The maximum atomic E-state index is 11.8. The lowest BCUT2D eigenvalue weighted by molar-refractivity contribution is -0.174. The largest absolute Gasteiger partial charge is 0.411 e. The Hall–Kier alpha value is -1.15. The van der Waals surface area contributed by atoms with E-state index >= 15 is 0 Å². The molecule has 1 N–H and O–H groups in total. The van der Waals surface area contributed by atoms with Crippen LogP contribution in [-0.4, -0.2) is 40.7 Å². The molecule has 0 spiro atoms. The summed E-state index contributed by atoms with van der Waals surface area (Å²) in [6.45, 7) is 2.31. The van der Waals surface area contributed by atoms with Gasteiger partial charge >= 0.3 is 6.18 Å². The molecule has 0 aliphatic heterocycles. The molecule has 5 nitrogen and oxygen atoms in total. The summed E-state index contributed by atoms with van der Waals surface area (Å²) in [5, 5.41) is 7.11.